The van der Waals surface area contributed by atoms with E-state index in [0.29, 0.717) is 18.4 Å². The van der Waals surface area contributed by atoms with Crippen LogP contribution < -0.4 is 5.32 Å². The van der Waals surface area contributed by atoms with Crippen LogP contribution in [0.25, 0.3) is 0 Å². The fourth-order valence-corrected chi connectivity index (χ4v) is 2.62. The van der Waals surface area contributed by atoms with Crippen molar-refractivity contribution in [3.63, 3.8) is 0 Å². The van der Waals surface area contributed by atoms with Crippen LogP contribution in [0.4, 0.5) is 4.79 Å². The lowest BCUT2D eigenvalue weighted by molar-refractivity contribution is 0.0504. The van der Waals surface area contributed by atoms with Crippen molar-refractivity contribution in [1.82, 2.24) is 5.32 Å². The summed E-state index contributed by atoms with van der Waals surface area (Å²) >= 11 is 3.42. The smallest absolute Gasteiger partial charge is 0.407 e. The van der Waals surface area contributed by atoms with Crippen LogP contribution in [0.15, 0.2) is 22.7 Å². The van der Waals surface area contributed by atoms with Crippen molar-refractivity contribution >= 4 is 27.8 Å². The van der Waals surface area contributed by atoms with Gasteiger partial charge in [0.05, 0.1) is 0 Å². The van der Waals surface area contributed by atoms with Crippen LogP contribution >= 0.6 is 15.9 Å². The number of carbonyl (C=O) groups excluding carboxylic acids is 2. The minimum absolute atomic E-state index is 0.0599. The maximum Gasteiger partial charge on any atom is 0.407 e. The summed E-state index contributed by atoms with van der Waals surface area (Å²) in [4.78, 5) is 23.9. The first-order valence-corrected chi connectivity index (χ1v) is 8.16. The monoisotopic (exact) mass is 369 g/mol. The third-order valence-electron chi connectivity index (χ3n) is 2.99. The number of benzene rings is 1. The summed E-state index contributed by atoms with van der Waals surface area (Å²) in [5.74, 6) is 0.0599. The Hall–Kier alpha value is -1.36. The van der Waals surface area contributed by atoms with E-state index in [9.17, 15) is 9.59 Å². The second kappa shape index (κ2) is 7.77. The largest absolute Gasteiger partial charge is 0.444 e. The molecule has 0 aliphatic carbocycles. The molecule has 0 heterocycles. The summed E-state index contributed by atoms with van der Waals surface area (Å²) in [7, 11) is 0. The van der Waals surface area contributed by atoms with Crippen LogP contribution in [0.2, 0.25) is 0 Å². The van der Waals surface area contributed by atoms with Gasteiger partial charge in [-0.1, -0.05) is 28.1 Å². The molecule has 0 aliphatic rings. The third-order valence-corrected chi connectivity index (χ3v) is 3.65. The van der Waals surface area contributed by atoms with Gasteiger partial charge in [-0.15, -0.1) is 0 Å². The second-order valence-corrected chi connectivity index (χ2v) is 7.35. The van der Waals surface area contributed by atoms with Crippen molar-refractivity contribution in [2.45, 2.75) is 59.1 Å². The Bertz CT molecular complexity index is 549. The van der Waals surface area contributed by atoms with Gasteiger partial charge in [-0.3, -0.25) is 4.79 Å². The summed E-state index contributed by atoms with van der Waals surface area (Å²) in [5, 5.41) is 2.74. The maximum atomic E-state index is 12.2. The van der Waals surface area contributed by atoms with Crippen molar-refractivity contribution < 1.29 is 14.3 Å². The van der Waals surface area contributed by atoms with Crippen LogP contribution in [0.5, 0.6) is 0 Å². The first-order chi connectivity index (χ1) is 10.1. The Morgan fingerprint density at radius 1 is 1.32 bits per heavy atom. The highest BCUT2D eigenvalue weighted by atomic mass is 79.9. The van der Waals surface area contributed by atoms with E-state index in [2.05, 4.69) is 21.2 Å². The van der Waals surface area contributed by atoms with Crippen LogP contribution in [0.1, 0.15) is 56.5 Å². The minimum atomic E-state index is -0.521. The lowest BCUT2D eigenvalue weighted by Gasteiger charge is -2.21. The third kappa shape index (κ3) is 6.60. The zero-order chi connectivity index (χ0) is 16.9. The molecule has 1 aromatic rings. The number of alkyl carbamates (subject to hydrolysis) is 1. The summed E-state index contributed by atoms with van der Waals surface area (Å²) in [6.07, 6.45) is 0.487. The minimum Gasteiger partial charge on any atom is -0.444 e. The fourth-order valence-electron chi connectivity index (χ4n) is 1.91. The highest BCUT2D eigenvalue weighted by Crippen LogP contribution is 2.20. The van der Waals surface area contributed by atoms with Gasteiger partial charge in [0.15, 0.2) is 5.78 Å². The summed E-state index contributed by atoms with van der Waals surface area (Å²) in [6, 6.07) is 5.55. The molecule has 5 heteroatoms. The molecule has 0 spiro atoms. The number of halogens is 1. The van der Waals surface area contributed by atoms with Crippen molar-refractivity contribution in [3.05, 3.63) is 33.8 Å². The van der Waals surface area contributed by atoms with Crippen LogP contribution in [-0.4, -0.2) is 23.5 Å². The van der Waals surface area contributed by atoms with Gasteiger partial charge < -0.3 is 10.1 Å². The molecule has 0 bridgehead atoms. The highest BCUT2D eigenvalue weighted by Gasteiger charge is 2.18. The average Bonchev–Trinajstić information content (AvgIpc) is 2.33. The number of rotatable bonds is 5. The number of hydrogen-bond acceptors (Lipinski definition) is 3. The molecule has 0 fully saturated rings. The molecule has 0 saturated carbocycles. The molecule has 0 saturated heterocycles. The number of aryl methyl sites for hydroxylation is 1. The topological polar surface area (TPSA) is 55.4 Å². The number of nitrogens with one attached hydrogen (secondary N) is 1. The van der Waals surface area contributed by atoms with Gasteiger partial charge in [0.25, 0.3) is 0 Å². The highest BCUT2D eigenvalue weighted by molar-refractivity contribution is 9.10. The van der Waals surface area contributed by atoms with Crippen LogP contribution in [-0.2, 0) is 4.74 Å². The molecule has 1 N–H and O–H groups in total. The number of ketones is 1. The molecule has 1 rings (SSSR count). The molecule has 1 unspecified atom stereocenters. The van der Waals surface area contributed by atoms with E-state index in [1.54, 1.807) is 0 Å². The molecule has 22 heavy (non-hydrogen) atoms. The fraction of sp³-hybridized carbons (Fsp3) is 0.529. The first-order valence-electron chi connectivity index (χ1n) is 7.37. The molecule has 4 nitrogen and oxygen atoms in total. The normalized spacial score (nSPS) is 12.6. The van der Waals surface area contributed by atoms with Gasteiger partial charge in [0.2, 0.25) is 0 Å². The van der Waals surface area contributed by atoms with Crippen molar-refractivity contribution in [2.24, 2.45) is 0 Å². The predicted octanol–water partition coefficient (Wildman–Crippen LogP) is 4.63. The van der Waals surface area contributed by atoms with Gasteiger partial charge in [-0.25, -0.2) is 4.79 Å². The Labute approximate surface area is 140 Å². The van der Waals surface area contributed by atoms with Crippen LogP contribution in [0.3, 0.4) is 0 Å². The second-order valence-electron chi connectivity index (χ2n) is 6.49. The molecular weight excluding hydrogens is 346 g/mol. The molecular formula is C17H24BrNO3. The summed E-state index contributed by atoms with van der Waals surface area (Å²) in [5.41, 5.74) is 1.25. The van der Waals surface area contributed by atoms with E-state index in [-0.39, 0.29) is 11.8 Å². The van der Waals surface area contributed by atoms with Crippen molar-refractivity contribution in [3.8, 4) is 0 Å². The number of carbonyl (C=O) groups is 2. The van der Waals surface area contributed by atoms with E-state index < -0.39 is 11.7 Å². The van der Waals surface area contributed by atoms with E-state index in [1.165, 1.54) is 0 Å². The molecule has 1 amide bonds. The SMILES string of the molecule is Cc1ccc(C(=O)CCC(C)NC(=O)OC(C)(C)C)c(Br)c1. The Morgan fingerprint density at radius 2 is 1.95 bits per heavy atom. The van der Waals surface area contributed by atoms with E-state index >= 15 is 0 Å². The van der Waals surface area contributed by atoms with Crippen molar-refractivity contribution in [2.75, 3.05) is 0 Å². The van der Waals surface area contributed by atoms with Gasteiger partial charge in [-0.2, -0.15) is 0 Å². The molecule has 1 atom stereocenters. The number of amides is 1. The Kier molecular flexibility index (Phi) is 6.60. The van der Waals surface area contributed by atoms with E-state index in [4.69, 9.17) is 4.74 Å². The van der Waals surface area contributed by atoms with Gasteiger partial charge in [0.1, 0.15) is 5.60 Å². The average molecular weight is 370 g/mol. The lowest BCUT2D eigenvalue weighted by Crippen LogP contribution is -2.37. The van der Waals surface area contributed by atoms with Crippen molar-refractivity contribution in [1.29, 1.82) is 0 Å². The van der Waals surface area contributed by atoms with E-state index in [1.807, 2.05) is 52.8 Å². The van der Waals surface area contributed by atoms with E-state index in [0.717, 1.165) is 10.0 Å². The Balaban J connectivity index is 2.48. The standard InChI is InChI=1S/C17H24BrNO3/c1-11-6-8-13(14(18)10-11)15(20)9-7-12(2)19-16(21)22-17(3,4)5/h6,8,10,12H,7,9H2,1-5H3,(H,19,21). The number of ether oxygens (including phenoxy) is 1. The number of Topliss-reactive ketones (excluding diaryl/α,β-unsaturated/α-hetero) is 1. The maximum absolute atomic E-state index is 12.2. The van der Waals surface area contributed by atoms with Gasteiger partial charge in [0, 0.05) is 22.5 Å². The first kappa shape index (κ1) is 18.7. The van der Waals surface area contributed by atoms with Crippen LogP contribution in [0, 0.1) is 6.92 Å². The molecule has 0 radical (unpaired) electrons. The Morgan fingerprint density at radius 3 is 2.50 bits per heavy atom. The summed E-state index contributed by atoms with van der Waals surface area (Å²) in [6.45, 7) is 9.29. The zero-order valence-corrected chi connectivity index (χ0v) is 15.4. The van der Waals surface area contributed by atoms with Gasteiger partial charge in [-0.05, 0) is 52.7 Å². The molecule has 0 aromatic heterocycles. The predicted molar refractivity (Wildman–Crippen MR) is 91.3 cm³/mol. The quantitative estimate of drug-likeness (QED) is 0.769. The summed E-state index contributed by atoms with van der Waals surface area (Å²) < 4.78 is 6.00. The number of hydrogen-bond donors (Lipinski definition) is 1. The lowest BCUT2D eigenvalue weighted by atomic mass is 10.0. The zero-order valence-electron chi connectivity index (χ0n) is 13.8. The molecule has 0 aliphatic heterocycles. The molecule has 1 aromatic carbocycles. The van der Waals surface area contributed by atoms with Gasteiger partial charge >= 0.3 is 6.09 Å². The molecule has 122 valence electrons.